The van der Waals surface area contributed by atoms with Crippen LogP contribution in [0.15, 0.2) is 42.5 Å². The number of amides is 2. The van der Waals surface area contributed by atoms with E-state index >= 15 is 0 Å². The number of hydrogen-bond donors (Lipinski definition) is 2. The van der Waals surface area contributed by atoms with Crippen molar-refractivity contribution in [2.75, 3.05) is 17.0 Å². The third kappa shape index (κ3) is 3.68. The minimum Gasteiger partial charge on any atom is -0.356 e. The van der Waals surface area contributed by atoms with Crippen molar-refractivity contribution in [3.63, 3.8) is 0 Å². The molecule has 0 radical (unpaired) electrons. The monoisotopic (exact) mass is 365 g/mol. The second-order valence-electron chi connectivity index (χ2n) is 6.71. The highest BCUT2D eigenvalue weighted by molar-refractivity contribution is 6.08. The summed E-state index contributed by atoms with van der Waals surface area (Å²) in [5.74, 6) is -0.637. The summed E-state index contributed by atoms with van der Waals surface area (Å²) in [7, 11) is 0. The number of nitrogens with zero attached hydrogens (tertiary/aromatic N) is 1. The maximum absolute atomic E-state index is 13.3. The van der Waals surface area contributed by atoms with Gasteiger partial charge in [0, 0.05) is 13.0 Å². The molecule has 0 saturated heterocycles. The van der Waals surface area contributed by atoms with Crippen molar-refractivity contribution >= 4 is 23.2 Å². The van der Waals surface area contributed by atoms with Gasteiger partial charge < -0.3 is 5.32 Å². The quantitative estimate of drug-likeness (QED) is 0.785. The van der Waals surface area contributed by atoms with E-state index in [1.165, 1.54) is 0 Å². The first-order chi connectivity index (χ1) is 13.1. The number of fused-ring (bicyclic) bond motifs is 1. The molecule has 1 aliphatic heterocycles. The van der Waals surface area contributed by atoms with Crippen LogP contribution in [-0.4, -0.2) is 18.4 Å². The molecule has 3 rings (SSSR count). The Morgan fingerprint density at radius 2 is 1.70 bits per heavy atom. The van der Waals surface area contributed by atoms with E-state index in [0.717, 1.165) is 40.9 Å². The zero-order valence-corrected chi connectivity index (χ0v) is 16.2. The Bertz CT molecular complexity index is 847. The summed E-state index contributed by atoms with van der Waals surface area (Å²) >= 11 is 0. The summed E-state index contributed by atoms with van der Waals surface area (Å²) < 4.78 is 0. The number of hydrazine groups is 1. The molecule has 5 heteroatoms. The number of rotatable bonds is 7. The Kier molecular flexibility index (Phi) is 5.79. The van der Waals surface area contributed by atoms with Crippen LogP contribution in [0.2, 0.25) is 0 Å². The summed E-state index contributed by atoms with van der Waals surface area (Å²) in [6, 6.07) is 14.0. The number of para-hydroxylation sites is 2. The van der Waals surface area contributed by atoms with Crippen molar-refractivity contribution in [1.82, 2.24) is 5.32 Å². The molecule has 27 heavy (non-hydrogen) atoms. The summed E-state index contributed by atoms with van der Waals surface area (Å²) in [6.07, 6.45) is 1.86. The van der Waals surface area contributed by atoms with Crippen molar-refractivity contribution in [3.05, 3.63) is 59.2 Å². The number of hydrogen-bond acceptors (Lipinski definition) is 3. The first kappa shape index (κ1) is 19.0. The standard InChI is InChI=1S/C22H27N3O2/c1-4-15-10-7-8-13-19(15)24-25-21-16(5-2)11-9-12-17(21)18(22(25)27)14-20(26)23-6-3/h7-13,18,24H,4-6,14H2,1-3H3,(H,23,26). The van der Waals surface area contributed by atoms with Gasteiger partial charge in [0.2, 0.25) is 5.91 Å². The fourth-order valence-electron chi connectivity index (χ4n) is 3.67. The number of carbonyl (C=O) groups is 2. The van der Waals surface area contributed by atoms with E-state index in [9.17, 15) is 9.59 Å². The Morgan fingerprint density at radius 3 is 2.41 bits per heavy atom. The SMILES string of the molecule is CCNC(=O)CC1C(=O)N(Nc2ccccc2CC)c2c(CC)cccc21. The Morgan fingerprint density at radius 1 is 1.00 bits per heavy atom. The molecule has 2 N–H and O–H groups in total. The summed E-state index contributed by atoms with van der Waals surface area (Å²) in [6.45, 7) is 6.62. The van der Waals surface area contributed by atoms with Gasteiger partial charge >= 0.3 is 0 Å². The van der Waals surface area contributed by atoms with E-state index in [0.29, 0.717) is 6.54 Å². The number of anilines is 2. The van der Waals surface area contributed by atoms with Crippen molar-refractivity contribution in [1.29, 1.82) is 0 Å². The average Bonchev–Trinajstić information content (AvgIpc) is 2.94. The van der Waals surface area contributed by atoms with Gasteiger partial charge in [0.25, 0.3) is 5.91 Å². The normalized spacial score (nSPS) is 15.6. The molecule has 1 heterocycles. The van der Waals surface area contributed by atoms with Crippen LogP contribution in [0, 0.1) is 0 Å². The lowest BCUT2D eigenvalue weighted by atomic mass is 9.95. The Balaban J connectivity index is 2.00. The first-order valence-corrected chi connectivity index (χ1v) is 9.67. The largest absolute Gasteiger partial charge is 0.356 e. The van der Waals surface area contributed by atoms with Crippen LogP contribution in [0.5, 0.6) is 0 Å². The van der Waals surface area contributed by atoms with E-state index < -0.39 is 5.92 Å². The molecule has 0 saturated carbocycles. The molecule has 0 aromatic heterocycles. The predicted octanol–water partition coefficient (Wildman–Crippen LogP) is 3.79. The van der Waals surface area contributed by atoms with Gasteiger partial charge in [-0.05, 0) is 42.5 Å². The molecule has 1 unspecified atom stereocenters. The molecule has 0 bridgehead atoms. The van der Waals surface area contributed by atoms with Gasteiger partial charge in [0.15, 0.2) is 0 Å². The minimum atomic E-state index is -0.459. The fourth-order valence-corrected chi connectivity index (χ4v) is 3.67. The van der Waals surface area contributed by atoms with Crippen LogP contribution in [-0.2, 0) is 22.4 Å². The highest BCUT2D eigenvalue weighted by atomic mass is 16.2. The highest BCUT2D eigenvalue weighted by Crippen LogP contribution is 2.42. The van der Waals surface area contributed by atoms with Crippen LogP contribution in [0.1, 0.15) is 49.8 Å². The second kappa shape index (κ2) is 8.25. The topological polar surface area (TPSA) is 61.4 Å². The van der Waals surface area contributed by atoms with E-state index in [-0.39, 0.29) is 18.2 Å². The molecule has 0 fully saturated rings. The second-order valence-corrected chi connectivity index (χ2v) is 6.71. The van der Waals surface area contributed by atoms with Gasteiger partial charge in [-0.1, -0.05) is 50.2 Å². The summed E-state index contributed by atoms with van der Waals surface area (Å²) in [4.78, 5) is 25.4. The van der Waals surface area contributed by atoms with Crippen molar-refractivity contribution < 1.29 is 9.59 Å². The Hall–Kier alpha value is -2.82. The average molecular weight is 365 g/mol. The smallest absolute Gasteiger partial charge is 0.253 e. The highest BCUT2D eigenvalue weighted by Gasteiger charge is 2.40. The lowest BCUT2D eigenvalue weighted by Gasteiger charge is -2.23. The fraction of sp³-hybridized carbons (Fsp3) is 0.364. The molecule has 5 nitrogen and oxygen atoms in total. The van der Waals surface area contributed by atoms with Crippen molar-refractivity contribution in [3.8, 4) is 0 Å². The molecule has 1 aliphatic rings. The number of carbonyl (C=O) groups excluding carboxylic acids is 2. The zero-order chi connectivity index (χ0) is 19.4. The number of aryl methyl sites for hydroxylation is 2. The van der Waals surface area contributed by atoms with E-state index in [1.807, 2.05) is 43.3 Å². The lowest BCUT2D eigenvalue weighted by Crippen LogP contribution is -2.36. The summed E-state index contributed by atoms with van der Waals surface area (Å²) in [5.41, 5.74) is 8.31. The molecular weight excluding hydrogens is 338 g/mol. The number of nitrogens with one attached hydrogen (secondary N) is 2. The van der Waals surface area contributed by atoms with E-state index in [2.05, 4.69) is 30.7 Å². The van der Waals surface area contributed by atoms with Crippen molar-refractivity contribution in [2.45, 2.75) is 46.0 Å². The first-order valence-electron chi connectivity index (χ1n) is 9.67. The molecule has 2 aromatic carbocycles. The Labute approximate surface area is 160 Å². The molecular formula is C22H27N3O2. The molecule has 2 aromatic rings. The molecule has 0 spiro atoms. The van der Waals surface area contributed by atoms with Gasteiger partial charge in [0.05, 0.1) is 17.3 Å². The minimum absolute atomic E-state index is 0.0805. The molecule has 2 amide bonds. The van der Waals surface area contributed by atoms with Crippen LogP contribution in [0.3, 0.4) is 0 Å². The number of benzene rings is 2. The zero-order valence-electron chi connectivity index (χ0n) is 16.2. The van der Waals surface area contributed by atoms with Crippen molar-refractivity contribution in [2.24, 2.45) is 0 Å². The third-order valence-corrected chi connectivity index (χ3v) is 5.04. The van der Waals surface area contributed by atoms with Gasteiger partial charge in [-0.15, -0.1) is 0 Å². The van der Waals surface area contributed by atoms with Crippen LogP contribution >= 0.6 is 0 Å². The third-order valence-electron chi connectivity index (χ3n) is 5.04. The molecule has 142 valence electrons. The van der Waals surface area contributed by atoms with Crippen LogP contribution in [0.25, 0.3) is 0 Å². The molecule has 0 aliphatic carbocycles. The van der Waals surface area contributed by atoms with Crippen LogP contribution < -0.4 is 15.8 Å². The van der Waals surface area contributed by atoms with Gasteiger partial charge in [-0.3, -0.25) is 15.0 Å². The van der Waals surface area contributed by atoms with E-state index in [4.69, 9.17) is 0 Å². The van der Waals surface area contributed by atoms with Crippen LogP contribution in [0.4, 0.5) is 11.4 Å². The summed E-state index contributed by atoms with van der Waals surface area (Å²) in [5, 5.41) is 4.45. The maximum Gasteiger partial charge on any atom is 0.253 e. The predicted molar refractivity (Wildman–Crippen MR) is 109 cm³/mol. The van der Waals surface area contributed by atoms with Gasteiger partial charge in [-0.2, -0.15) is 0 Å². The maximum atomic E-state index is 13.3. The molecule has 1 atom stereocenters. The lowest BCUT2D eigenvalue weighted by molar-refractivity contribution is -0.125. The van der Waals surface area contributed by atoms with E-state index in [1.54, 1.807) is 5.01 Å². The van der Waals surface area contributed by atoms with Gasteiger partial charge in [0.1, 0.15) is 0 Å². The van der Waals surface area contributed by atoms with Gasteiger partial charge in [-0.25, -0.2) is 5.01 Å².